The van der Waals surface area contributed by atoms with Crippen LogP contribution in [0.1, 0.15) is 11.3 Å². The number of carbonyl (C=O) groups excluding carboxylic acids is 1. The summed E-state index contributed by atoms with van der Waals surface area (Å²) in [6, 6.07) is 5.90. The summed E-state index contributed by atoms with van der Waals surface area (Å²) in [5.74, 6) is 0.305. The van der Waals surface area contributed by atoms with E-state index in [-0.39, 0.29) is 22.6 Å². The Morgan fingerprint density at radius 1 is 1.15 bits per heavy atom. The molecular weight excluding hydrogens is 462 g/mol. The number of benzene rings is 1. The monoisotopic (exact) mass is 483 g/mol. The first-order valence-corrected chi connectivity index (χ1v) is 11.8. The predicted molar refractivity (Wildman–Crippen MR) is 122 cm³/mol. The summed E-state index contributed by atoms with van der Waals surface area (Å²) in [6.45, 7) is 4.38. The van der Waals surface area contributed by atoms with Gasteiger partial charge in [-0.05, 0) is 38.1 Å². The van der Waals surface area contributed by atoms with Crippen molar-refractivity contribution in [1.29, 1.82) is 0 Å². The lowest BCUT2D eigenvalue weighted by Crippen LogP contribution is -2.52. The molecule has 4 heterocycles. The molecule has 0 unspecified atom stereocenters. The minimum atomic E-state index is -3.86. The minimum absolute atomic E-state index is 0.0329. The zero-order chi connectivity index (χ0) is 24.0. The highest BCUT2D eigenvalue weighted by Crippen LogP contribution is 2.28. The van der Waals surface area contributed by atoms with Crippen LogP contribution in [0.15, 0.2) is 40.0 Å². The van der Waals surface area contributed by atoms with Crippen LogP contribution < -0.4 is 14.9 Å². The Morgan fingerprint density at radius 2 is 1.88 bits per heavy atom. The molecule has 4 aromatic rings. The molecule has 3 aromatic heterocycles. The quantitative estimate of drug-likeness (QED) is 0.408. The van der Waals surface area contributed by atoms with Crippen molar-refractivity contribution in [1.82, 2.24) is 30.1 Å². The van der Waals surface area contributed by atoms with Crippen molar-refractivity contribution in [2.24, 2.45) is 13.0 Å². The zero-order valence-corrected chi connectivity index (χ0v) is 19.4. The summed E-state index contributed by atoms with van der Waals surface area (Å²) in [4.78, 5) is 23.1. The number of nitrogens with one attached hydrogen (secondary N) is 2. The van der Waals surface area contributed by atoms with E-state index < -0.39 is 10.0 Å². The van der Waals surface area contributed by atoms with Crippen molar-refractivity contribution >= 4 is 44.5 Å². The molecule has 1 fully saturated rings. The third-order valence-corrected chi connectivity index (χ3v) is 7.08. The van der Waals surface area contributed by atoms with E-state index in [1.807, 2.05) is 4.90 Å². The van der Waals surface area contributed by atoms with E-state index in [2.05, 4.69) is 35.5 Å². The lowest BCUT2D eigenvalue weighted by molar-refractivity contribution is -0.120. The molecule has 0 saturated carbocycles. The lowest BCUT2D eigenvalue weighted by Gasteiger charge is -2.38. The maximum Gasteiger partial charge on any atom is 0.264 e. The lowest BCUT2D eigenvalue weighted by atomic mass is 9.99. The average Bonchev–Trinajstić information content (AvgIpc) is 3.30. The number of amides is 1. The van der Waals surface area contributed by atoms with Gasteiger partial charge in [0.2, 0.25) is 11.8 Å². The van der Waals surface area contributed by atoms with Crippen LogP contribution in [0, 0.1) is 19.8 Å². The molecule has 0 radical (unpaired) electrons. The van der Waals surface area contributed by atoms with Gasteiger partial charge < -0.3 is 14.7 Å². The molecule has 34 heavy (non-hydrogen) atoms. The fourth-order valence-electron chi connectivity index (χ4n) is 3.54. The van der Waals surface area contributed by atoms with E-state index in [1.165, 1.54) is 30.6 Å². The van der Waals surface area contributed by atoms with Crippen molar-refractivity contribution < 1.29 is 17.7 Å². The second kappa shape index (κ2) is 8.06. The number of fused-ring (bicyclic) bond motifs is 1. The molecule has 0 spiro atoms. The molecule has 13 nitrogen and oxygen atoms in total. The Kier molecular flexibility index (Phi) is 5.16. The fourth-order valence-corrected chi connectivity index (χ4v) is 4.59. The third-order valence-electron chi connectivity index (χ3n) is 5.74. The van der Waals surface area contributed by atoms with Gasteiger partial charge in [-0.25, -0.2) is 27.8 Å². The van der Waals surface area contributed by atoms with Gasteiger partial charge in [0, 0.05) is 31.4 Å². The summed E-state index contributed by atoms with van der Waals surface area (Å²) in [5.41, 5.74) is 2.92. The number of hydrogen-bond acceptors (Lipinski definition) is 10. The molecule has 1 saturated heterocycles. The normalized spacial score (nSPS) is 14.3. The zero-order valence-electron chi connectivity index (χ0n) is 18.6. The van der Waals surface area contributed by atoms with Crippen molar-refractivity contribution in [3.05, 3.63) is 41.9 Å². The second-order valence-corrected chi connectivity index (χ2v) is 9.71. The molecule has 1 aliphatic heterocycles. The largest absolute Gasteiger partial charge is 0.353 e. The Bertz CT molecular complexity index is 1490. The van der Waals surface area contributed by atoms with Gasteiger partial charge in [0.1, 0.15) is 6.33 Å². The van der Waals surface area contributed by atoms with Crippen LogP contribution >= 0.6 is 0 Å². The number of aryl methyl sites for hydroxylation is 2. The van der Waals surface area contributed by atoms with E-state index in [9.17, 15) is 13.2 Å². The van der Waals surface area contributed by atoms with Crippen molar-refractivity contribution in [3.63, 3.8) is 0 Å². The first-order chi connectivity index (χ1) is 16.2. The molecular formula is C20H21N9O4S. The molecule has 5 rings (SSSR count). The Morgan fingerprint density at radius 3 is 2.56 bits per heavy atom. The Labute approximate surface area is 194 Å². The maximum absolute atomic E-state index is 12.6. The summed E-state index contributed by atoms with van der Waals surface area (Å²) < 4.78 is 34.2. The van der Waals surface area contributed by atoms with Crippen molar-refractivity contribution in [2.45, 2.75) is 18.7 Å². The summed E-state index contributed by atoms with van der Waals surface area (Å²) in [5, 5.41) is 14.6. The van der Waals surface area contributed by atoms with Gasteiger partial charge in [-0.2, -0.15) is 0 Å². The molecule has 0 aliphatic carbocycles. The molecule has 14 heteroatoms. The smallest absolute Gasteiger partial charge is 0.264 e. The molecule has 176 valence electrons. The highest BCUT2D eigenvalue weighted by Gasteiger charge is 2.35. The minimum Gasteiger partial charge on any atom is -0.353 e. The van der Waals surface area contributed by atoms with Gasteiger partial charge in [-0.15, -0.1) is 5.10 Å². The number of carbonyl (C=O) groups is 1. The number of aromatic nitrogens is 6. The maximum atomic E-state index is 12.6. The Balaban J connectivity index is 1.21. The van der Waals surface area contributed by atoms with Crippen LogP contribution in [0.3, 0.4) is 0 Å². The summed E-state index contributed by atoms with van der Waals surface area (Å²) in [6.07, 6.45) is 1.45. The highest BCUT2D eigenvalue weighted by molar-refractivity contribution is 7.92. The van der Waals surface area contributed by atoms with Crippen LogP contribution in [0.5, 0.6) is 0 Å². The highest BCUT2D eigenvalue weighted by atomic mass is 32.2. The van der Waals surface area contributed by atoms with Gasteiger partial charge in [0.05, 0.1) is 16.5 Å². The van der Waals surface area contributed by atoms with Gasteiger partial charge >= 0.3 is 0 Å². The number of hydrogen-bond donors (Lipinski definition) is 2. The predicted octanol–water partition coefficient (Wildman–Crippen LogP) is 1.24. The van der Waals surface area contributed by atoms with Crippen LogP contribution in [0.25, 0.3) is 11.2 Å². The molecule has 0 bridgehead atoms. The molecule has 0 atom stereocenters. The molecule has 2 N–H and O–H groups in total. The second-order valence-electron chi connectivity index (χ2n) is 8.03. The van der Waals surface area contributed by atoms with Crippen molar-refractivity contribution in [3.8, 4) is 0 Å². The molecule has 1 aromatic carbocycles. The van der Waals surface area contributed by atoms with E-state index in [0.717, 1.165) is 0 Å². The topological polar surface area (TPSA) is 161 Å². The molecule has 1 amide bonds. The fraction of sp³-hybridized carbons (Fsp3) is 0.300. The number of anilines is 3. The summed E-state index contributed by atoms with van der Waals surface area (Å²) in [7, 11) is -2.11. The van der Waals surface area contributed by atoms with E-state index in [1.54, 1.807) is 25.6 Å². The van der Waals surface area contributed by atoms with E-state index in [4.69, 9.17) is 4.52 Å². The van der Waals surface area contributed by atoms with Crippen LogP contribution in [-0.4, -0.2) is 57.5 Å². The molecule has 1 aliphatic rings. The van der Waals surface area contributed by atoms with Crippen LogP contribution in [0.4, 0.5) is 17.4 Å². The standard InChI is InChI=1S/C20H21N9O4S/c1-11-12(2)25-33-20(11)26-34(31,32)15-6-4-14(5-7-15)23-19(30)13-8-29(9-13)18-16-17(21-10-22-18)28(3)27-24-16/h4-7,10,13,26H,8-9H2,1-3H3,(H,23,30). The first kappa shape index (κ1) is 21.8. The number of sulfonamides is 1. The summed E-state index contributed by atoms with van der Waals surface area (Å²) >= 11 is 0. The Hall–Kier alpha value is -4.07. The number of nitrogens with zero attached hydrogens (tertiary/aromatic N) is 7. The van der Waals surface area contributed by atoms with Crippen molar-refractivity contribution in [2.75, 3.05) is 28.0 Å². The third kappa shape index (κ3) is 3.81. The SMILES string of the molecule is Cc1noc(NS(=O)(=O)c2ccc(NC(=O)C3CN(c4ncnc5c4nnn5C)C3)cc2)c1C. The average molecular weight is 484 g/mol. The number of rotatable bonds is 6. The van der Waals surface area contributed by atoms with Gasteiger partial charge in [-0.1, -0.05) is 10.4 Å². The van der Waals surface area contributed by atoms with Gasteiger partial charge in [0.25, 0.3) is 10.0 Å². The van der Waals surface area contributed by atoms with Gasteiger partial charge in [-0.3, -0.25) is 4.79 Å². The first-order valence-electron chi connectivity index (χ1n) is 10.3. The van der Waals surface area contributed by atoms with E-state index in [0.29, 0.717) is 47.0 Å². The van der Waals surface area contributed by atoms with Crippen LogP contribution in [0.2, 0.25) is 0 Å². The van der Waals surface area contributed by atoms with Gasteiger partial charge in [0.15, 0.2) is 17.0 Å². The van der Waals surface area contributed by atoms with Crippen LogP contribution in [-0.2, 0) is 21.9 Å². The van der Waals surface area contributed by atoms with E-state index >= 15 is 0 Å².